The van der Waals surface area contributed by atoms with Gasteiger partial charge in [0.15, 0.2) is 22.1 Å². The van der Waals surface area contributed by atoms with E-state index in [0.717, 1.165) is 35.2 Å². The van der Waals surface area contributed by atoms with E-state index in [0.29, 0.717) is 23.9 Å². The molecule has 0 aliphatic heterocycles. The van der Waals surface area contributed by atoms with Crippen molar-refractivity contribution < 1.29 is 5.11 Å². The Hall–Kier alpha value is -2.45. The van der Waals surface area contributed by atoms with Crippen molar-refractivity contribution in [2.75, 3.05) is 11.1 Å². The van der Waals surface area contributed by atoms with Crippen LogP contribution in [0.2, 0.25) is 0 Å². The van der Waals surface area contributed by atoms with Crippen LogP contribution in [0.3, 0.4) is 0 Å². The van der Waals surface area contributed by atoms with Gasteiger partial charge in [-0.2, -0.15) is 0 Å². The summed E-state index contributed by atoms with van der Waals surface area (Å²) in [5.41, 5.74) is 2.77. The van der Waals surface area contributed by atoms with Crippen molar-refractivity contribution in [3.8, 4) is 0 Å². The van der Waals surface area contributed by atoms with Crippen molar-refractivity contribution in [1.82, 2.24) is 25.0 Å². The summed E-state index contributed by atoms with van der Waals surface area (Å²) in [5.74, 6) is 2.21. The van der Waals surface area contributed by atoms with Crippen LogP contribution < -0.4 is 5.32 Å². The summed E-state index contributed by atoms with van der Waals surface area (Å²) in [6.07, 6.45) is 6.08. The molecule has 0 amide bonds. The lowest BCUT2D eigenvalue weighted by atomic mass is 10.1. The van der Waals surface area contributed by atoms with Gasteiger partial charge in [-0.3, -0.25) is 0 Å². The molecule has 0 saturated heterocycles. The molecular formula is C21H24N6OS. The summed E-state index contributed by atoms with van der Waals surface area (Å²) in [4.78, 5) is 9.50. The molecule has 4 unspecified atom stereocenters. The summed E-state index contributed by atoms with van der Waals surface area (Å²) >= 11 is 1.65. The Labute approximate surface area is 173 Å². The molecule has 4 atom stereocenters. The van der Waals surface area contributed by atoms with Gasteiger partial charge in [-0.15, -0.1) is 5.10 Å². The Morgan fingerprint density at radius 3 is 2.79 bits per heavy atom. The lowest BCUT2D eigenvalue weighted by Crippen LogP contribution is -2.11. The number of aliphatic hydroxyl groups excluding tert-OH is 1. The maximum atomic E-state index is 9.86. The fraction of sp³-hybridized carbons (Fsp3) is 0.429. The molecule has 7 nitrogen and oxygen atoms in total. The van der Waals surface area contributed by atoms with Crippen molar-refractivity contribution in [3.05, 3.63) is 48.0 Å². The first-order chi connectivity index (χ1) is 14.2. The SMILES string of the molecule is CCCSc1nc(NC2CC2c2ccccc2)c2nnn(C3C=CC(O)C3)c2n1. The Balaban J connectivity index is 1.46. The molecule has 1 saturated carbocycles. The quantitative estimate of drug-likeness (QED) is 0.351. The number of aromatic nitrogens is 5. The van der Waals surface area contributed by atoms with Gasteiger partial charge in [0.25, 0.3) is 0 Å². The highest BCUT2D eigenvalue weighted by molar-refractivity contribution is 7.99. The van der Waals surface area contributed by atoms with Crippen LogP contribution in [0.15, 0.2) is 47.6 Å². The maximum absolute atomic E-state index is 9.86. The number of allylic oxidation sites excluding steroid dienone is 1. The number of nitrogens with one attached hydrogen (secondary N) is 1. The molecule has 3 aromatic rings. The predicted octanol–water partition coefficient (Wildman–Crippen LogP) is 3.55. The average Bonchev–Trinajstić information content (AvgIpc) is 3.15. The van der Waals surface area contributed by atoms with Crippen molar-refractivity contribution in [1.29, 1.82) is 0 Å². The van der Waals surface area contributed by atoms with Gasteiger partial charge < -0.3 is 10.4 Å². The number of hydrogen-bond donors (Lipinski definition) is 2. The van der Waals surface area contributed by atoms with Gasteiger partial charge >= 0.3 is 0 Å². The molecule has 150 valence electrons. The molecule has 1 fully saturated rings. The molecule has 2 aliphatic carbocycles. The largest absolute Gasteiger partial charge is 0.389 e. The number of benzene rings is 1. The third-order valence-electron chi connectivity index (χ3n) is 5.43. The zero-order valence-corrected chi connectivity index (χ0v) is 17.1. The van der Waals surface area contributed by atoms with Crippen LogP contribution in [0.1, 0.15) is 43.7 Å². The van der Waals surface area contributed by atoms with Crippen LogP contribution in [0.4, 0.5) is 5.82 Å². The standard InChI is InChI=1S/C21H24N6OS/c1-2-10-29-21-23-19(22-17-12-16(17)13-6-4-3-5-7-13)18-20(24-21)27(26-25-18)14-8-9-15(28)11-14/h3-9,14-17,28H,2,10-12H2,1H3,(H,22,23,24). The highest BCUT2D eigenvalue weighted by atomic mass is 32.2. The van der Waals surface area contributed by atoms with Gasteiger partial charge in [0.1, 0.15) is 0 Å². The molecule has 5 rings (SSSR count). The minimum atomic E-state index is -0.439. The number of aliphatic hydroxyl groups is 1. The van der Waals surface area contributed by atoms with E-state index in [-0.39, 0.29) is 6.04 Å². The molecular weight excluding hydrogens is 384 g/mol. The van der Waals surface area contributed by atoms with Crippen molar-refractivity contribution in [2.24, 2.45) is 0 Å². The molecule has 0 bridgehead atoms. The van der Waals surface area contributed by atoms with Crippen LogP contribution in [0.5, 0.6) is 0 Å². The molecule has 2 N–H and O–H groups in total. The molecule has 1 aromatic carbocycles. The topological polar surface area (TPSA) is 88.8 Å². The summed E-state index contributed by atoms with van der Waals surface area (Å²) in [5, 5.41) is 22.9. The molecule has 8 heteroatoms. The first kappa shape index (κ1) is 18.6. The van der Waals surface area contributed by atoms with E-state index >= 15 is 0 Å². The summed E-state index contributed by atoms with van der Waals surface area (Å²) < 4.78 is 1.81. The Morgan fingerprint density at radius 1 is 1.17 bits per heavy atom. The van der Waals surface area contributed by atoms with E-state index in [1.54, 1.807) is 17.8 Å². The maximum Gasteiger partial charge on any atom is 0.191 e. The van der Waals surface area contributed by atoms with Crippen LogP contribution in [0, 0.1) is 0 Å². The summed E-state index contributed by atoms with van der Waals surface area (Å²) in [6.45, 7) is 2.15. The summed E-state index contributed by atoms with van der Waals surface area (Å²) in [6, 6.07) is 10.9. The highest BCUT2D eigenvalue weighted by Crippen LogP contribution is 2.43. The third kappa shape index (κ3) is 3.74. The molecule has 29 heavy (non-hydrogen) atoms. The number of hydrogen-bond acceptors (Lipinski definition) is 7. The summed E-state index contributed by atoms with van der Waals surface area (Å²) in [7, 11) is 0. The Bertz CT molecular complexity index is 1040. The molecule has 2 aliphatic rings. The zero-order valence-electron chi connectivity index (χ0n) is 16.3. The van der Waals surface area contributed by atoms with Crippen molar-refractivity contribution >= 4 is 28.7 Å². The van der Waals surface area contributed by atoms with Gasteiger partial charge in [-0.1, -0.05) is 66.4 Å². The number of fused-ring (bicyclic) bond motifs is 1. The molecule has 2 heterocycles. The number of thioether (sulfide) groups is 1. The average molecular weight is 409 g/mol. The van der Waals surface area contributed by atoms with Crippen LogP contribution in [0.25, 0.3) is 11.2 Å². The minimum Gasteiger partial charge on any atom is -0.389 e. The lowest BCUT2D eigenvalue weighted by Gasteiger charge is -2.11. The van der Waals surface area contributed by atoms with E-state index in [4.69, 9.17) is 9.97 Å². The second kappa shape index (κ2) is 7.76. The van der Waals surface area contributed by atoms with Gasteiger partial charge in [-0.25, -0.2) is 14.6 Å². The number of anilines is 1. The van der Waals surface area contributed by atoms with Gasteiger partial charge in [-0.05, 0) is 18.4 Å². The normalized spacial score (nSPS) is 25.6. The van der Waals surface area contributed by atoms with Crippen molar-refractivity contribution in [2.45, 2.75) is 55.4 Å². The number of rotatable bonds is 7. The monoisotopic (exact) mass is 408 g/mol. The lowest BCUT2D eigenvalue weighted by molar-refractivity contribution is 0.208. The highest BCUT2D eigenvalue weighted by Gasteiger charge is 2.39. The van der Waals surface area contributed by atoms with E-state index in [9.17, 15) is 5.11 Å². The van der Waals surface area contributed by atoms with Crippen LogP contribution in [-0.4, -0.2) is 48.0 Å². The minimum absolute atomic E-state index is 0.0280. The van der Waals surface area contributed by atoms with E-state index < -0.39 is 6.10 Å². The molecule has 0 radical (unpaired) electrons. The Morgan fingerprint density at radius 2 is 2.03 bits per heavy atom. The second-order valence-corrected chi connectivity index (χ2v) is 8.73. The fourth-order valence-corrected chi connectivity index (χ4v) is 4.53. The fourth-order valence-electron chi connectivity index (χ4n) is 3.83. The molecule has 0 spiro atoms. The first-order valence-electron chi connectivity index (χ1n) is 10.2. The van der Waals surface area contributed by atoms with Crippen LogP contribution in [-0.2, 0) is 0 Å². The van der Waals surface area contributed by atoms with E-state index in [2.05, 4.69) is 46.8 Å². The van der Waals surface area contributed by atoms with Gasteiger partial charge in [0.2, 0.25) is 0 Å². The first-order valence-corrected chi connectivity index (χ1v) is 11.1. The third-order valence-corrected chi connectivity index (χ3v) is 6.48. The Kier molecular flexibility index (Phi) is 4.97. The van der Waals surface area contributed by atoms with Gasteiger partial charge in [0, 0.05) is 24.1 Å². The smallest absolute Gasteiger partial charge is 0.191 e. The van der Waals surface area contributed by atoms with Crippen molar-refractivity contribution in [3.63, 3.8) is 0 Å². The van der Waals surface area contributed by atoms with E-state index in [1.807, 2.05) is 16.8 Å². The molecule has 2 aromatic heterocycles. The predicted molar refractivity (Wildman–Crippen MR) is 114 cm³/mol. The van der Waals surface area contributed by atoms with E-state index in [1.165, 1.54) is 5.56 Å². The zero-order chi connectivity index (χ0) is 19.8. The second-order valence-electron chi connectivity index (χ2n) is 7.67. The van der Waals surface area contributed by atoms with Gasteiger partial charge in [0.05, 0.1) is 12.1 Å². The van der Waals surface area contributed by atoms with Crippen LogP contribution >= 0.6 is 11.8 Å². The number of nitrogens with zero attached hydrogens (tertiary/aromatic N) is 5.